The Kier molecular flexibility index (Phi) is 4.41. The van der Waals surface area contributed by atoms with Gasteiger partial charge in [0.1, 0.15) is 4.88 Å². The zero-order valence-electron chi connectivity index (χ0n) is 8.24. The van der Waals surface area contributed by atoms with Crippen molar-refractivity contribution in [2.45, 2.75) is 31.0 Å². The predicted molar refractivity (Wildman–Crippen MR) is 59.4 cm³/mol. The smallest absolute Gasteiger partial charge is 0.347 e. The van der Waals surface area contributed by atoms with E-state index in [4.69, 9.17) is 5.11 Å². The van der Waals surface area contributed by atoms with Gasteiger partial charge in [-0.1, -0.05) is 25.1 Å². The highest BCUT2D eigenvalue weighted by Crippen LogP contribution is 2.27. The van der Waals surface area contributed by atoms with E-state index in [1.54, 1.807) is 18.7 Å². The first kappa shape index (κ1) is 11.5. The van der Waals surface area contributed by atoms with Gasteiger partial charge in [0.15, 0.2) is 4.34 Å². The van der Waals surface area contributed by atoms with Gasteiger partial charge in [-0.15, -0.1) is 11.3 Å². The molecule has 3 nitrogen and oxygen atoms in total. The fourth-order valence-corrected chi connectivity index (χ4v) is 3.12. The van der Waals surface area contributed by atoms with Gasteiger partial charge in [0, 0.05) is 5.75 Å². The van der Waals surface area contributed by atoms with E-state index in [0.717, 1.165) is 22.9 Å². The number of rotatable bonds is 5. The third-order valence-electron chi connectivity index (χ3n) is 1.69. The number of unbranched alkanes of at least 4 members (excludes halogenated alkanes) is 1. The van der Waals surface area contributed by atoms with Crippen molar-refractivity contribution in [1.82, 2.24) is 4.98 Å². The Morgan fingerprint density at radius 2 is 2.36 bits per heavy atom. The van der Waals surface area contributed by atoms with Gasteiger partial charge in [-0.25, -0.2) is 9.78 Å². The summed E-state index contributed by atoms with van der Waals surface area (Å²) in [6.45, 7) is 3.88. The molecule has 0 saturated carbocycles. The second-order valence-corrected chi connectivity index (χ2v) is 5.24. The Bertz CT molecular complexity index is 323. The van der Waals surface area contributed by atoms with Crippen molar-refractivity contribution in [2.75, 3.05) is 5.75 Å². The topological polar surface area (TPSA) is 50.2 Å². The maximum absolute atomic E-state index is 10.7. The van der Waals surface area contributed by atoms with Crippen LogP contribution in [-0.4, -0.2) is 21.8 Å². The molecule has 1 heterocycles. The van der Waals surface area contributed by atoms with Gasteiger partial charge in [0.25, 0.3) is 0 Å². The van der Waals surface area contributed by atoms with Crippen LogP contribution in [0.4, 0.5) is 0 Å². The van der Waals surface area contributed by atoms with Gasteiger partial charge in [-0.05, 0) is 13.3 Å². The predicted octanol–water partition coefficient (Wildman–Crippen LogP) is 3.04. The molecule has 14 heavy (non-hydrogen) atoms. The quantitative estimate of drug-likeness (QED) is 0.625. The number of aromatic carboxylic acids is 1. The van der Waals surface area contributed by atoms with Crippen molar-refractivity contribution in [3.8, 4) is 0 Å². The molecule has 1 aromatic rings. The summed E-state index contributed by atoms with van der Waals surface area (Å²) in [7, 11) is 0. The summed E-state index contributed by atoms with van der Waals surface area (Å²) in [6, 6.07) is 0. The molecule has 0 aromatic carbocycles. The number of aromatic nitrogens is 1. The van der Waals surface area contributed by atoms with E-state index < -0.39 is 5.97 Å². The minimum atomic E-state index is -0.873. The van der Waals surface area contributed by atoms with Gasteiger partial charge in [0.05, 0.1) is 5.69 Å². The van der Waals surface area contributed by atoms with Crippen LogP contribution in [-0.2, 0) is 0 Å². The molecule has 1 rings (SSSR count). The van der Waals surface area contributed by atoms with Gasteiger partial charge in [-0.2, -0.15) is 0 Å². The van der Waals surface area contributed by atoms with Crippen molar-refractivity contribution < 1.29 is 9.90 Å². The number of thiazole rings is 1. The highest BCUT2D eigenvalue weighted by atomic mass is 32.2. The van der Waals surface area contributed by atoms with Crippen LogP contribution in [0.3, 0.4) is 0 Å². The van der Waals surface area contributed by atoms with Crippen LogP contribution in [0.15, 0.2) is 4.34 Å². The van der Waals surface area contributed by atoms with Crippen LogP contribution in [0.5, 0.6) is 0 Å². The van der Waals surface area contributed by atoms with E-state index in [-0.39, 0.29) is 0 Å². The summed E-state index contributed by atoms with van der Waals surface area (Å²) in [6.07, 6.45) is 2.30. The highest BCUT2D eigenvalue weighted by molar-refractivity contribution is 8.01. The molecule has 0 aliphatic carbocycles. The van der Waals surface area contributed by atoms with Gasteiger partial charge in [-0.3, -0.25) is 0 Å². The number of nitrogens with zero attached hydrogens (tertiary/aromatic N) is 1. The Morgan fingerprint density at radius 1 is 1.64 bits per heavy atom. The van der Waals surface area contributed by atoms with E-state index in [1.807, 2.05) is 0 Å². The Labute approximate surface area is 91.6 Å². The van der Waals surface area contributed by atoms with Crippen molar-refractivity contribution in [1.29, 1.82) is 0 Å². The maximum atomic E-state index is 10.7. The van der Waals surface area contributed by atoms with Gasteiger partial charge >= 0.3 is 5.97 Å². The number of aryl methyl sites for hydroxylation is 1. The molecule has 0 fully saturated rings. The molecule has 0 aliphatic rings. The van der Waals surface area contributed by atoms with Crippen molar-refractivity contribution in [3.05, 3.63) is 10.6 Å². The molecule has 0 spiro atoms. The summed E-state index contributed by atoms with van der Waals surface area (Å²) < 4.78 is 0.869. The van der Waals surface area contributed by atoms with E-state index in [9.17, 15) is 4.79 Å². The monoisotopic (exact) mass is 231 g/mol. The Morgan fingerprint density at radius 3 is 2.86 bits per heavy atom. The van der Waals surface area contributed by atoms with E-state index >= 15 is 0 Å². The van der Waals surface area contributed by atoms with Gasteiger partial charge < -0.3 is 5.11 Å². The second kappa shape index (κ2) is 5.36. The molecule has 78 valence electrons. The zero-order chi connectivity index (χ0) is 10.6. The zero-order valence-corrected chi connectivity index (χ0v) is 9.87. The summed E-state index contributed by atoms with van der Waals surface area (Å²) >= 11 is 2.91. The third-order valence-corrected chi connectivity index (χ3v) is 4.07. The van der Waals surface area contributed by atoms with Crippen molar-refractivity contribution in [2.24, 2.45) is 0 Å². The molecule has 0 radical (unpaired) electrons. The number of carboxylic acids is 1. The largest absolute Gasteiger partial charge is 0.477 e. The molecule has 0 unspecified atom stereocenters. The lowest BCUT2D eigenvalue weighted by Gasteiger charge is -1.92. The van der Waals surface area contributed by atoms with Crippen molar-refractivity contribution >= 4 is 29.1 Å². The molecule has 0 atom stereocenters. The molecule has 5 heteroatoms. The van der Waals surface area contributed by atoms with E-state index in [1.165, 1.54) is 11.3 Å². The highest BCUT2D eigenvalue weighted by Gasteiger charge is 2.13. The lowest BCUT2D eigenvalue weighted by molar-refractivity contribution is 0.0701. The molecule has 0 bridgehead atoms. The average Bonchev–Trinajstić information content (AvgIpc) is 2.47. The van der Waals surface area contributed by atoms with Gasteiger partial charge in [0.2, 0.25) is 0 Å². The van der Waals surface area contributed by atoms with Crippen LogP contribution < -0.4 is 0 Å². The molecular formula is C9H13NO2S2. The van der Waals surface area contributed by atoms with Crippen molar-refractivity contribution in [3.63, 3.8) is 0 Å². The number of carboxylic acid groups (broad SMARTS) is 1. The molecule has 1 aromatic heterocycles. The second-order valence-electron chi connectivity index (χ2n) is 2.90. The van der Waals surface area contributed by atoms with Crippen LogP contribution in [0.2, 0.25) is 0 Å². The fourth-order valence-electron chi connectivity index (χ4n) is 0.936. The first-order chi connectivity index (χ1) is 6.65. The number of hydrogen-bond acceptors (Lipinski definition) is 4. The Hall–Kier alpha value is -0.550. The normalized spacial score (nSPS) is 10.4. The minimum absolute atomic E-state index is 0.365. The maximum Gasteiger partial charge on any atom is 0.347 e. The molecule has 0 amide bonds. The molecular weight excluding hydrogens is 218 g/mol. The number of hydrogen-bond donors (Lipinski definition) is 1. The number of carbonyl (C=O) groups is 1. The van der Waals surface area contributed by atoms with Crippen LogP contribution in [0.1, 0.15) is 35.1 Å². The van der Waals surface area contributed by atoms with E-state index in [0.29, 0.717) is 10.6 Å². The molecule has 0 aliphatic heterocycles. The average molecular weight is 231 g/mol. The molecule has 1 N–H and O–H groups in total. The summed E-state index contributed by atoms with van der Waals surface area (Å²) in [4.78, 5) is 15.3. The first-order valence-electron chi connectivity index (χ1n) is 4.48. The number of thioether (sulfide) groups is 1. The fraction of sp³-hybridized carbons (Fsp3) is 0.556. The van der Waals surface area contributed by atoms with Crippen LogP contribution >= 0.6 is 23.1 Å². The third kappa shape index (κ3) is 2.99. The lowest BCUT2D eigenvalue weighted by Crippen LogP contribution is -1.94. The minimum Gasteiger partial charge on any atom is -0.477 e. The molecule has 0 saturated heterocycles. The summed E-state index contributed by atoms with van der Waals surface area (Å²) in [5, 5.41) is 8.81. The van der Waals surface area contributed by atoms with Crippen LogP contribution in [0.25, 0.3) is 0 Å². The summed E-state index contributed by atoms with van der Waals surface area (Å²) in [5.41, 5.74) is 0.626. The lowest BCUT2D eigenvalue weighted by atomic mass is 10.4. The standard InChI is InChI=1S/C9H13NO2S2/c1-3-4-5-13-9-10-6(2)7(14-9)8(11)12/h3-5H2,1-2H3,(H,11,12). The summed E-state index contributed by atoms with van der Waals surface area (Å²) in [5.74, 6) is 0.144. The van der Waals surface area contributed by atoms with Crippen LogP contribution in [0, 0.1) is 6.92 Å². The Balaban J connectivity index is 2.62. The SMILES string of the molecule is CCCCSc1nc(C)c(C(=O)O)s1. The van der Waals surface area contributed by atoms with E-state index in [2.05, 4.69) is 11.9 Å². The first-order valence-corrected chi connectivity index (χ1v) is 6.29.